The molecule has 0 radical (unpaired) electrons. The molecule has 34 heavy (non-hydrogen) atoms. The highest BCUT2D eigenvalue weighted by Crippen LogP contribution is 2.33. The minimum Gasteiger partial charge on any atom is -0.368 e. The van der Waals surface area contributed by atoms with Gasteiger partial charge < -0.3 is 4.90 Å². The molecular weight excluding hydrogens is 466 g/mol. The Morgan fingerprint density at radius 1 is 0.912 bits per heavy atom. The third-order valence-corrected chi connectivity index (χ3v) is 7.96. The van der Waals surface area contributed by atoms with Crippen LogP contribution in [0, 0.1) is 0 Å². The summed E-state index contributed by atoms with van der Waals surface area (Å²) < 4.78 is 2.15. The van der Waals surface area contributed by atoms with Crippen LogP contribution in [-0.2, 0) is 13.1 Å². The van der Waals surface area contributed by atoms with E-state index in [1.165, 1.54) is 10.6 Å². The van der Waals surface area contributed by atoms with Crippen molar-refractivity contribution < 1.29 is 9.59 Å². The van der Waals surface area contributed by atoms with Crippen molar-refractivity contribution in [1.82, 2.24) is 19.4 Å². The van der Waals surface area contributed by atoms with Gasteiger partial charge in [-0.1, -0.05) is 6.07 Å². The molecule has 0 unspecified atom stereocenters. The summed E-state index contributed by atoms with van der Waals surface area (Å²) in [5, 5.41) is 6.92. The average Bonchev–Trinajstić information content (AvgIpc) is 3.66. The first kappa shape index (κ1) is 21.3. The minimum atomic E-state index is -0.199. The van der Waals surface area contributed by atoms with Gasteiger partial charge in [0.15, 0.2) is 5.13 Å². The van der Waals surface area contributed by atoms with Crippen molar-refractivity contribution in [2.75, 3.05) is 31.1 Å². The number of anilines is 1. The molecule has 172 valence electrons. The van der Waals surface area contributed by atoms with Gasteiger partial charge in [-0.2, -0.15) is 11.3 Å². The zero-order chi connectivity index (χ0) is 23.1. The molecule has 0 aliphatic carbocycles. The Hall–Kier alpha value is -3.27. The summed E-state index contributed by atoms with van der Waals surface area (Å²) in [6.45, 7) is 4.54. The number of carbonyl (C=O) groups excluding carboxylic acids is 2. The molecule has 2 aliphatic rings. The maximum absolute atomic E-state index is 13.3. The van der Waals surface area contributed by atoms with Crippen LogP contribution in [-0.4, -0.2) is 57.3 Å². The van der Waals surface area contributed by atoms with Crippen LogP contribution in [0.1, 0.15) is 32.0 Å². The lowest BCUT2D eigenvalue weighted by molar-refractivity contribution is 0.0642. The summed E-state index contributed by atoms with van der Waals surface area (Å²) in [6, 6.07) is 11.8. The molecule has 9 heteroatoms. The van der Waals surface area contributed by atoms with Crippen LogP contribution in [0.4, 0.5) is 5.69 Å². The van der Waals surface area contributed by atoms with Crippen LogP contribution >= 0.6 is 22.7 Å². The summed E-state index contributed by atoms with van der Waals surface area (Å²) in [5.41, 5.74) is 4.13. The molecule has 7 nitrogen and oxygen atoms in total. The summed E-state index contributed by atoms with van der Waals surface area (Å²) in [5.74, 6) is -0.389. The molecule has 1 saturated heterocycles. The summed E-state index contributed by atoms with van der Waals surface area (Å²) in [6.07, 6.45) is 3.89. The average molecular weight is 490 g/mol. The number of nitrogens with zero attached hydrogens (tertiary/aromatic N) is 5. The van der Waals surface area contributed by atoms with Crippen LogP contribution in [0.2, 0.25) is 0 Å². The third kappa shape index (κ3) is 3.75. The number of piperazine rings is 1. The van der Waals surface area contributed by atoms with Gasteiger partial charge in [0.1, 0.15) is 0 Å². The van der Waals surface area contributed by atoms with Crippen LogP contribution in [0.5, 0.6) is 0 Å². The van der Waals surface area contributed by atoms with E-state index in [-0.39, 0.29) is 11.8 Å². The Balaban J connectivity index is 1.16. The van der Waals surface area contributed by atoms with Crippen molar-refractivity contribution >= 4 is 40.2 Å². The number of aromatic nitrogens is 2. The number of rotatable bonds is 6. The molecule has 0 bridgehead atoms. The second-order valence-corrected chi connectivity index (χ2v) is 10.1. The zero-order valence-electron chi connectivity index (χ0n) is 18.5. The zero-order valence-corrected chi connectivity index (χ0v) is 20.1. The van der Waals surface area contributed by atoms with Crippen LogP contribution in [0.25, 0.3) is 5.13 Å². The molecule has 0 N–H and O–H groups in total. The van der Waals surface area contributed by atoms with E-state index in [9.17, 15) is 9.59 Å². The Kier molecular flexibility index (Phi) is 5.52. The lowest BCUT2D eigenvalue weighted by Gasteiger charge is -2.36. The van der Waals surface area contributed by atoms with Gasteiger partial charge in [0.2, 0.25) is 0 Å². The van der Waals surface area contributed by atoms with E-state index in [0.717, 1.165) is 49.1 Å². The predicted molar refractivity (Wildman–Crippen MR) is 134 cm³/mol. The molecule has 0 spiro atoms. The number of hydrogen-bond acceptors (Lipinski definition) is 7. The number of imide groups is 1. The van der Waals surface area contributed by atoms with Gasteiger partial charge in [0, 0.05) is 56.2 Å². The molecule has 4 aromatic rings. The molecule has 1 fully saturated rings. The summed E-state index contributed by atoms with van der Waals surface area (Å²) in [4.78, 5) is 36.8. The third-order valence-electron chi connectivity index (χ3n) is 6.45. The van der Waals surface area contributed by atoms with Gasteiger partial charge in [-0.05, 0) is 46.7 Å². The SMILES string of the molecule is O=C1c2cccc(N3CCN(Cc4cccn4-c4nccs4)CC3)c2C(=O)N1Cc1ccsc1. The van der Waals surface area contributed by atoms with E-state index < -0.39 is 0 Å². The molecule has 5 heterocycles. The van der Waals surface area contributed by atoms with E-state index in [1.54, 1.807) is 28.7 Å². The van der Waals surface area contributed by atoms with Crippen molar-refractivity contribution in [2.45, 2.75) is 13.1 Å². The van der Waals surface area contributed by atoms with E-state index >= 15 is 0 Å². The van der Waals surface area contributed by atoms with Gasteiger partial charge in [-0.25, -0.2) is 4.98 Å². The smallest absolute Gasteiger partial charge is 0.263 e. The fourth-order valence-corrected chi connectivity index (χ4v) is 6.05. The van der Waals surface area contributed by atoms with Gasteiger partial charge in [-0.15, -0.1) is 11.3 Å². The number of fused-ring (bicyclic) bond motifs is 1. The lowest BCUT2D eigenvalue weighted by atomic mass is 10.1. The highest BCUT2D eigenvalue weighted by Gasteiger charge is 2.38. The topological polar surface area (TPSA) is 61.7 Å². The molecular formula is C25H23N5O2S2. The van der Waals surface area contributed by atoms with Crippen molar-refractivity contribution in [3.8, 4) is 5.13 Å². The maximum Gasteiger partial charge on any atom is 0.263 e. The van der Waals surface area contributed by atoms with Crippen LogP contribution in [0.15, 0.2) is 64.9 Å². The van der Waals surface area contributed by atoms with E-state index in [2.05, 4.69) is 37.7 Å². The monoisotopic (exact) mass is 489 g/mol. The molecule has 2 amide bonds. The van der Waals surface area contributed by atoms with Crippen LogP contribution < -0.4 is 4.90 Å². The number of hydrogen-bond donors (Lipinski definition) is 0. The first-order valence-electron chi connectivity index (χ1n) is 11.2. The summed E-state index contributed by atoms with van der Waals surface area (Å²) >= 11 is 3.20. The Bertz CT molecular complexity index is 1320. The first-order chi connectivity index (χ1) is 16.7. The number of thiophene rings is 1. The van der Waals surface area contributed by atoms with E-state index in [4.69, 9.17) is 0 Å². The Labute approximate surface area is 205 Å². The standard InChI is InChI=1S/C25H23N5O2S2/c31-23-20-4-1-5-21(22(20)24(32)30(23)15-18-6-13-33-17-18)28-11-9-27(10-12-28)16-19-3-2-8-29(19)25-26-7-14-34-25/h1-8,13-14,17H,9-12,15-16H2. The lowest BCUT2D eigenvalue weighted by Crippen LogP contribution is -2.46. The predicted octanol–water partition coefficient (Wildman–Crippen LogP) is 4.11. The van der Waals surface area contributed by atoms with Crippen molar-refractivity contribution in [3.63, 3.8) is 0 Å². The first-order valence-corrected chi connectivity index (χ1v) is 13.0. The molecule has 6 rings (SSSR count). The fraction of sp³-hybridized carbons (Fsp3) is 0.240. The quantitative estimate of drug-likeness (QED) is 0.382. The number of thiazole rings is 1. The van der Waals surface area contributed by atoms with Gasteiger partial charge in [0.05, 0.1) is 23.4 Å². The molecule has 2 aliphatic heterocycles. The van der Waals surface area contributed by atoms with Gasteiger partial charge in [-0.3, -0.25) is 24.0 Å². The molecule has 0 saturated carbocycles. The van der Waals surface area contributed by atoms with Crippen LogP contribution in [0.3, 0.4) is 0 Å². The largest absolute Gasteiger partial charge is 0.368 e. The molecule has 3 aromatic heterocycles. The fourth-order valence-electron chi connectivity index (χ4n) is 4.73. The van der Waals surface area contributed by atoms with Crippen molar-refractivity contribution in [2.24, 2.45) is 0 Å². The Morgan fingerprint density at radius 3 is 2.56 bits per heavy atom. The highest BCUT2D eigenvalue weighted by atomic mass is 32.1. The van der Waals surface area contributed by atoms with E-state index in [1.807, 2.05) is 40.5 Å². The second-order valence-electron chi connectivity index (χ2n) is 8.48. The molecule has 0 atom stereocenters. The number of amides is 2. The minimum absolute atomic E-state index is 0.189. The Morgan fingerprint density at radius 2 is 1.79 bits per heavy atom. The van der Waals surface area contributed by atoms with Crippen molar-refractivity contribution in [1.29, 1.82) is 0 Å². The van der Waals surface area contributed by atoms with Gasteiger partial charge >= 0.3 is 0 Å². The van der Waals surface area contributed by atoms with Gasteiger partial charge in [0.25, 0.3) is 11.8 Å². The van der Waals surface area contributed by atoms with Crippen molar-refractivity contribution in [3.05, 3.63) is 87.3 Å². The van der Waals surface area contributed by atoms with E-state index in [0.29, 0.717) is 17.7 Å². The number of benzene rings is 1. The molecule has 1 aromatic carbocycles. The highest BCUT2D eigenvalue weighted by molar-refractivity contribution is 7.12. The normalized spacial score (nSPS) is 16.5. The second kappa shape index (κ2) is 8.83. The number of carbonyl (C=O) groups is 2. The maximum atomic E-state index is 13.3. The summed E-state index contributed by atoms with van der Waals surface area (Å²) in [7, 11) is 0.